The molecule has 0 saturated carbocycles. The number of carboxylic acid groups (broad SMARTS) is 1. The quantitative estimate of drug-likeness (QED) is 0.917. The average molecular weight is 282 g/mol. The molecule has 0 amide bonds. The van der Waals surface area contributed by atoms with Crippen molar-refractivity contribution in [1.29, 1.82) is 0 Å². The van der Waals surface area contributed by atoms with E-state index < -0.39 is 5.97 Å². The molecule has 2 heterocycles. The van der Waals surface area contributed by atoms with Crippen LogP contribution >= 0.6 is 11.3 Å². The number of anilines is 1. The maximum Gasteiger partial charge on any atom is 0.355 e. The standard InChI is InChI=1S/C14H22N2O2S/c1-4-14(5-2)6-8-16(9-7-14)13-15-11(12(17)18)10(3)19-13/h4-9H2,1-3H3,(H,17,18). The van der Waals surface area contributed by atoms with Crippen LogP contribution in [0, 0.1) is 12.3 Å². The van der Waals surface area contributed by atoms with Crippen LogP contribution in [0.3, 0.4) is 0 Å². The first kappa shape index (κ1) is 14.3. The number of thiazole rings is 1. The molecule has 0 unspecified atom stereocenters. The fraction of sp³-hybridized carbons (Fsp3) is 0.714. The van der Waals surface area contributed by atoms with Crippen LogP contribution in [-0.4, -0.2) is 29.1 Å². The molecule has 1 aromatic rings. The zero-order valence-electron chi connectivity index (χ0n) is 11.9. The van der Waals surface area contributed by atoms with Crippen molar-refractivity contribution < 1.29 is 9.90 Å². The number of rotatable bonds is 4. The fourth-order valence-electron chi connectivity index (χ4n) is 2.85. The van der Waals surface area contributed by atoms with Gasteiger partial charge in [-0.05, 0) is 25.2 Å². The molecule has 4 nitrogen and oxygen atoms in total. The number of nitrogens with zero attached hydrogens (tertiary/aromatic N) is 2. The van der Waals surface area contributed by atoms with Gasteiger partial charge in [0.15, 0.2) is 10.8 Å². The minimum absolute atomic E-state index is 0.211. The number of hydrogen-bond donors (Lipinski definition) is 1. The summed E-state index contributed by atoms with van der Waals surface area (Å²) in [4.78, 5) is 18.4. The van der Waals surface area contributed by atoms with Crippen LogP contribution < -0.4 is 4.90 Å². The smallest absolute Gasteiger partial charge is 0.355 e. The van der Waals surface area contributed by atoms with Crippen molar-refractivity contribution in [2.45, 2.75) is 46.5 Å². The number of aromatic carboxylic acids is 1. The van der Waals surface area contributed by atoms with Crippen molar-refractivity contribution in [2.75, 3.05) is 18.0 Å². The lowest BCUT2D eigenvalue weighted by atomic mass is 9.74. The van der Waals surface area contributed by atoms with Gasteiger partial charge in [0.05, 0.1) is 0 Å². The van der Waals surface area contributed by atoms with Gasteiger partial charge >= 0.3 is 5.97 Å². The molecular weight excluding hydrogens is 260 g/mol. The Bertz CT molecular complexity index is 456. The molecule has 0 radical (unpaired) electrons. The average Bonchev–Trinajstić information content (AvgIpc) is 2.81. The van der Waals surface area contributed by atoms with Gasteiger partial charge in [-0.25, -0.2) is 9.78 Å². The number of carbonyl (C=O) groups is 1. The summed E-state index contributed by atoms with van der Waals surface area (Å²) < 4.78 is 0. The molecule has 0 spiro atoms. The first-order chi connectivity index (χ1) is 9.01. The first-order valence-electron chi connectivity index (χ1n) is 6.97. The van der Waals surface area contributed by atoms with Crippen molar-refractivity contribution in [3.63, 3.8) is 0 Å². The topological polar surface area (TPSA) is 53.4 Å². The number of carboxylic acids is 1. The van der Waals surface area contributed by atoms with E-state index >= 15 is 0 Å². The summed E-state index contributed by atoms with van der Waals surface area (Å²) >= 11 is 1.50. The number of hydrogen-bond acceptors (Lipinski definition) is 4. The van der Waals surface area contributed by atoms with E-state index in [2.05, 4.69) is 23.7 Å². The third-order valence-corrected chi connectivity index (χ3v) is 5.61. The second-order valence-electron chi connectivity index (χ2n) is 5.40. The summed E-state index contributed by atoms with van der Waals surface area (Å²) in [6.45, 7) is 8.36. The Kier molecular flexibility index (Phi) is 4.13. The second-order valence-corrected chi connectivity index (χ2v) is 6.58. The second kappa shape index (κ2) is 5.49. The molecule has 1 fully saturated rings. The van der Waals surface area contributed by atoms with Gasteiger partial charge in [0, 0.05) is 18.0 Å². The van der Waals surface area contributed by atoms with Crippen LogP contribution in [0.5, 0.6) is 0 Å². The molecule has 1 aliphatic rings. The van der Waals surface area contributed by atoms with Gasteiger partial charge in [0.1, 0.15) is 0 Å². The third kappa shape index (κ3) is 2.76. The SMILES string of the molecule is CCC1(CC)CCN(c2nc(C(=O)O)c(C)s2)CC1. The number of aryl methyl sites for hydroxylation is 1. The van der Waals surface area contributed by atoms with E-state index in [0.29, 0.717) is 5.41 Å². The maximum atomic E-state index is 11.0. The molecule has 1 N–H and O–H groups in total. The van der Waals surface area contributed by atoms with Gasteiger partial charge in [0.25, 0.3) is 0 Å². The summed E-state index contributed by atoms with van der Waals surface area (Å²) in [6, 6.07) is 0. The lowest BCUT2D eigenvalue weighted by molar-refractivity contribution is 0.0690. The predicted molar refractivity (Wildman–Crippen MR) is 78.3 cm³/mol. The highest BCUT2D eigenvalue weighted by Gasteiger charge is 2.32. The van der Waals surface area contributed by atoms with Gasteiger partial charge < -0.3 is 10.0 Å². The molecule has 0 bridgehead atoms. The van der Waals surface area contributed by atoms with E-state index in [1.165, 1.54) is 37.0 Å². The van der Waals surface area contributed by atoms with Crippen LogP contribution in [0.25, 0.3) is 0 Å². The molecule has 0 aliphatic carbocycles. The molecule has 1 aliphatic heterocycles. The van der Waals surface area contributed by atoms with Gasteiger partial charge in [-0.3, -0.25) is 0 Å². The lowest BCUT2D eigenvalue weighted by Crippen LogP contribution is -2.39. The molecule has 0 aromatic carbocycles. The zero-order chi connectivity index (χ0) is 14.0. The van der Waals surface area contributed by atoms with Gasteiger partial charge in [0.2, 0.25) is 0 Å². The maximum absolute atomic E-state index is 11.0. The van der Waals surface area contributed by atoms with Crippen molar-refractivity contribution in [1.82, 2.24) is 4.98 Å². The Morgan fingerprint density at radius 2 is 1.95 bits per heavy atom. The van der Waals surface area contributed by atoms with Crippen LogP contribution in [0.15, 0.2) is 0 Å². The van der Waals surface area contributed by atoms with E-state index in [9.17, 15) is 4.79 Å². The highest BCUT2D eigenvalue weighted by Crippen LogP contribution is 2.40. The van der Waals surface area contributed by atoms with E-state index in [4.69, 9.17) is 5.11 Å². The molecule has 2 rings (SSSR count). The number of aromatic nitrogens is 1. The highest BCUT2D eigenvalue weighted by atomic mass is 32.1. The summed E-state index contributed by atoms with van der Waals surface area (Å²) in [7, 11) is 0. The van der Waals surface area contributed by atoms with Gasteiger partial charge in [-0.2, -0.15) is 0 Å². The first-order valence-corrected chi connectivity index (χ1v) is 7.78. The van der Waals surface area contributed by atoms with E-state index in [0.717, 1.165) is 23.1 Å². The van der Waals surface area contributed by atoms with Crippen molar-refractivity contribution in [2.24, 2.45) is 5.41 Å². The fourth-order valence-corrected chi connectivity index (χ4v) is 3.80. The van der Waals surface area contributed by atoms with Crippen molar-refractivity contribution in [3.05, 3.63) is 10.6 Å². The Balaban J connectivity index is 2.09. The Morgan fingerprint density at radius 3 is 2.37 bits per heavy atom. The predicted octanol–water partition coefficient (Wildman–Crippen LogP) is 3.56. The lowest BCUT2D eigenvalue weighted by Gasteiger charge is -2.40. The van der Waals surface area contributed by atoms with Crippen LogP contribution in [0.2, 0.25) is 0 Å². The van der Waals surface area contributed by atoms with Gasteiger partial charge in [-0.1, -0.05) is 26.7 Å². The van der Waals surface area contributed by atoms with Crippen molar-refractivity contribution >= 4 is 22.4 Å². The van der Waals surface area contributed by atoms with Crippen LogP contribution in [0.4, 0.5) is 5.13 Å². The molecule has 106 valence electrons. The van der Waals surface area contributed by atoms with E-state index in [-0.39, 0.29) is 5.69 Å². The minimum Gasteiger partial charge on any atom is -0.476 e. The zero-order valence-corrected chi connectivity index (χ0v) is 12.7. The van der Waals surface area contributed by atoms with Crippen LogP contribution in [-0.2, 0) is 0 Å². The van der Waals surface area contributed by atoms with Crippen molar-refractivity contribution in [3.8, 4) is 0 Å². The minimum atomic E-state index is -0.923. The summed E-state index contributed by atoms with van der Waals surface area (Å²) in [6.07, 6.45) is 4.82. The Hall–Kier alpha value is -1.10. The highest BCUT2D eigenvalue weighted by molar-refractivity contribution is 7.15. The number of piperidine rings is 1. The monoisotopic (exact) mass is 282 g/mol. The third-order valence-electron chi connectivity index (χ3n) is 4.58. The summed E-state index contributed by atoms with van der Waals surface area (Å²) in [5, 5.41) is 9.93. The van der Waals surface area contributed by atoms with E-state index in [1.807, 2.05) is 6.92 Å². The molecule has 5 heteroatoms. The molecule has 0 atom stereocenters. The molecule has 19 heavy (non-hydrogen) atoms. The summed E-state index contributed by atoms with van der Waals surface area (Å²) in [5.74, 6) is -0.923. The Morgan fingerprint density at radius 1 is 1.37 bits per heavy atom. The van der Waals surface area contributed by atoms with E-state index in [1.54, 1.807) is 0 Å². The molecular formula is C14H22N2O2S. The summed E-state index contributed by atoms with van der Waals surface area (Å²) in [5.41, 5.74) is 0.695. The normalized spacial score (nSPS) is 18.6. The van der Waals surface area contributed by atoms with Crippen LogP contribution in [0.1, 0.15) is 54.9 Å². The van der Waals surface area contributed by atoms with Gasteiger partial charge in [-0.15, -0.1) is 11.3 Å². The molecule has 1 saturated heterocycles. The largest absolute Gasteiger partial charge is 0.476 e. The Labute approximate surface area is 118 Å². The molecule has 1 aromatic heterocycles.